The number of aromatic amines is 1. The summed E-state index contributed by atoms with van der Waals surface area (Å²) in [6.45, 7) is 7.03. The molecule has 0 bridgehead atoms. The van der Waals surface area contributed by atoms with Crippen molar-refractivity contribution in [3.05, 3.63) is 12.4 Å². The number of nitrogens with zero attached hydrogens (tertiary/aromatic N) is 2. The van der Waals surface area contributed by atoms with E-state index < -0.39 is 7.57 Å². The fourth-order valence-corrected chi connectivity index (χ4v) is 3.59. The quantitative estimate of drug-likeness (QED) is 0.290. The Bertz CT molecular complexity index is 462. The van der Waals surface area contributed by atoms with E-state index in [1.54, 1.807) is 40.6 Å². The molecule has 0 aliphatic heterocycles. The van der Waals surface area contributed by atoms with Crippen LogP contribution in [0.15, 0.2) is 12.4 Å². The number of methoxy groups -OCH3 is 3. The maximum absolute atomic E-state index is 10.6. The highest BCUT2D eigenvalue weighted by atomic mass is 31.2. The van der Waals surface area contributed by atoms with Gasteiger partial charge in [-0.25, -0.2) is 0 Å². The molecule has 1 unspecified atom stereocenters. The van der Waals surface area contributed by atoms with E-state index in [1.807, 2.05) is 0 Å². The van der Waals surface area contributed by atoms with Crippen LogP contribution in [0.4, 0.5) is 0 Å². The van der Waals surface area contributed by atoms with Gasteiger partial charge in [-0.2, -0.15) is 15.4 Å². The molecule has 0 aliphatic carbocycles. The summed E-state index contributed by atoms with van der Waals surface area (Å²) in [6.07, 6.45) is 14.8. The molecule has 10 heteroatoms. The van der Waals surface area contributed by atoms with Crippen LogP contribution in [0.5, 0.6) is 0 Å². The third kappa shape index (κ3) is 20.8. The van der Waals surface area contributed by atoms with Crippen molar-refractivity contribution in [1.82, 2.24) is 15.4 Å². The van der Waals surface area contributed by atoms with Gasteiger partial charge in [-0.05, 0) is 50.9 Å². The van der Waals surface area contributed by atoms with Crippen LogP contribution in [0, 0.1) is 5.41 Å². The molecule has 186 valence electrons. The SMILES string of the molecule is C=P([O-])(OC)OCC.CCC(CCCOC)(CCCOC)CCCOC.c1cn[nH]n1. The van der Waals surface area contributed by atoms with E-state index in [-0.39, 0.29) is 0 Å². The molecule has 9 nitrogen and oxygen atoms in total. The van der Waals surface area contributed by atoms with Gasteiger partial charge in [-0.1, -0.05) is 19.6 Å². The third-order valence-corrected chi connectivity index (χ3v) is 6.06. The Hall–Kier alpha value is -0.800. The molecule has 0 aliphatic rings. The molecule has 0 saturated carbocycles. The van der Waals surface area contributed by atoms with Gasteiger partial charge in [0.1, 0.15) is 0 Å². The Morgan fingerprint density at radius 1 is 0.871 bits per heavy atom. The highest BCUT2D eigenvalue weighted by molar-refractivity contribution is 7.57. The van der Waals surface area contributed by atoms with Gasteiger partial charge in [-0.15, -0.1) is 0 Å². The Labute approximate surface area is 189 Å². The van der Waals surface area contributed by atoms with Crippen molar-refractivity contribution in [2.24, 2.45) is 5.41 Å². The molecule has 1 aromatic rings. The Morgan fingerprint density at radius 3 is 1.48 bits per heavy atom. The summed E-state index contributed by atoms with van der Waals surface area (Å²) < 4.78 is 24.6. The van der Waals surface area contributed by atoms with Crippen LogP contribution in [-0.2, 0) is 23.3 Å². The first-order valence-electron chi connectivity index (χ1n) is 10.8. The first-order valence-corrected chi connectivity index (χ1v) is 12.5. The van der Waals surface area contributed by atoms with E-state index in [4.69, 9.17) is 14.2 Å². The van der Waals surface area contributed by atoms with Gasteiger partial charge in [0.2, 0.25) is 0 Å². The van der Waals surface area contributed by atoms with Crippen molar-refractivity contribution < 1.29 is 28.2 Å². The molecular formula is C21H45N3O6P-. The summed E-state index contributed by atoms with van der Waals surface area (Å²) in [6, 6.07) is 0. The molecule has 0 spiro atoms. The highest BCUT2D eigenvalue weighted by Crippen LogP contribution is 2.38. The van der Waals surface area contributed by atoms with Gasteiger partial charge >= 0.3 is 0 Å². The van der Waals surface area contributed by atoms with Gasteiger partial charge in [0, 0.05) is 62.4 Å². The van der Waals surface area contributed by atoms with E-state index in [2.05, 4.69) is 37.7 Å². The van der Waals surface area contributed by atoms with Gasteiger partial charge in [-0.3, -0.25) is 0 Å². The lowest BCUT2D eigenvalue weighted by Crippen LogP contribution is -2.22. The average molecular weight is 467 g/mol. The second-order valence-electron chi connectivity index (χ2n) is 7.01. The van der Waals surface area contributed by atoms with Crippen molar-refractivity contribution in [1.29, 1.82) is 0 Å². The van der Waals surface area contributed by atoms with Crippen LogP contribution >= 0.6 is 7.57 Å². The number of nitrogens with one attached hydrogen (secondary N) is 1. The molecule has 0 amide bonds. The highest BCUT2D eigenvalue weighted by Gasteiger charge is 2.26. The molecular weight excluding hydrogens is 421 g/mol. The van der Waals surface area contributed by atoms with E-state index >= 15 is 0 Å². The predicted octanol–water partition coefficient (Wildman–Crippen LogP) is 3.69. The fraction of sp³-hybridized carbons (Fsp3) is 0.857. The maximum atomic E-state index is 10.6. The van der Waals surface area contributed by atoms with Gasteiger partial charge in [0.05, 0.1) is 12.4 Å². The van der Waals surface area contributed by atoms with Crippen LogP contribution in [-0.4, -0.2) is 76.6 Å². The van der Waals surface area contributed by atoms with Gasteiger partial charge in [0.25, 0.3) is 0 Å². The summed E-state index contributed by atoms with van der Waals surface area (Å²) in [4.78, 5) is 10.6. The Balaban J connectivity index is 0. The molecule has 0 fully saturated rings. The lowest BCUT2D eigenvalue weighted by molar-refractivity contribution is -0.205. The predicted molar refractivity (Wildman–Crippen MR) is 125 cm³/mol. The molecule has 1 rings (SSSR count). The summed E-state index contributed by atoms with van der Waals surface area (Å²) in [7, 11) is 3.73. The van der Waals surface area contributed by atoms with Gasteiger partial charge in [0.15, 0.2) is 0 Å². The summed E-state index contributed by atoms with van der Waals surface area (Å²) in [5.74, 6) is 0. The summed E-state index contributed by atoms with van der Waals surface area (Å²) in [5, 5.41) is 9.33. The second kappa shape index (κ2) is 22.4. The molecule has 1 heterocycles. The molecule has 1 atom stereocenters. The Morgan fingerprint density at radius 2 is 1.29 bits per heavy atom. The average Bonchev–Trinajstić information content (AvgIpc) is 3.35. The van der Waals surface area contributed by atoms with E-state index in [9.17, 15) is 4.89 Å². The first kappa shape index (κ1) is 32.4. The largest absolute Gasteiger partial charge is 0.789 e. The summed E-state index contributed by atoms with van der Waals surface area (Å²) >= 11 is 0. The minimum absolute atomic E-state index is 0.370. The van der Waals surface area contributed by atoms with Crippen LogP contribution in [0.3, 0.4) is 0 Å². The van der Waals surface area contributed by atoms with Crippen LogP contribution in [0.1, 0.15) is 58.8 Å². The lowest BCUT2D eigenvalue weighted by Gasteiger charge is -2.33. The number of rotatable bonds is 16. The third-order valence-electron chi connectivity index (χ3n) is 4.85. The maximum Gasteiger partial charge on any atom is 0.0690 e. The minimum atomic E-state index is -2.92. The minimum Gasteiger partial charge on any atom is -0.789 e. The van der Waals surface area contributed by atoms with Crippen molar-refractivity contribution in [2.45, 2.75) is 58.8 Å². The second-order valence-corrected chi connectivity index (χ2v) is 8.86. The van der Waals surface area contributed by atoms with Crippen molar-refractivity contribution in [3.8, 4) is 0 Å². The molecule has 31 heavy (non-hydrogen) atoms. The molecule has 0 aromatic carbocycles. The first-order chi connectivity index (χ1) is 14.9. The molecule has 0 saturated heterocycles. The molecule has 1 N–H and O–H groups in total. The van der Waals surface area contributed by atoms with Crippen molar-refractivity contribution >= 4 is 13.9 Å². The van der Waals surface area contributed by atoms with Crippen LogP contribution < -0.4 is 4.89 Å². The molecule has 0 radical (unpaired) electrons. The Kier molecular flexibility index (Phi) is 23.4. The van der Waals surface area contributed by atoms with Crippen LogP contribution in [0.25, 0.3) is 0 Å². The van der Waals surface area contributed by atoms with Crippen molar-refractivity contribution in [2.75, 3.05) is 54.9 Å². The van der Waals surface area contributed by atoms with E-state index in [0.717, 1.165) is 39.1 Å². The fourth-order valence-electron chi connectivity index (χ4n) is 3.10. The lowest BCUT2D eigenvalue weighted by atomic mass is 9.73. The normalized spacial score (nSPS) is 12.9. The number of aromatic nitrogens is 3. The zero-order chi connectivity index (χ0) is 23.8. The monoisotopic (exact) mass is 466 g/mol. The van der Waals surface area contributed by atoms with E-state index in [1.165, 1.54) is 32.8 Å². The number of ether oxygens (including phenoxy) is 3. The molecule has 1 aromatic heterocycles. The smallest absolute Gasteiger partial charge is 0.0690 e. The summed E-state index contributed by atoms with van der Waals surface area (Å²) in [5.41, 5.74) is 0.454. The van der Waals surface area contributed by atoms with Gasteiger partial charge < -0.3 is 28.2 Å². The zero-order valence-corrected chi connectivity index (χ0v) is 21.3. The topological polar surface area (TPSA) is 111 Å². The zero-order valence-electron chi connectivity index (χ0n) is 20.4. The number of hydrogen-bond donors (Lipinski definition) is 1. The van der Waals surface area contributed by atoms with E-state index in [0.29, 0.717) is 12.0 Å². The van der Waals surface area contributed by atoms with Crippen molar-refractivity contribution in [3.63, 3.8) is 0 Å². The number of H-pyrrole nitrogens is 1. The van der Waals surface area contributed by atoms with Crippen LogP contribution in [0.2, 0.25) is 0 Å². The number of hydrogen-bond acceptors (Lipinski definition) is 8. The standard InChI is InChI=1S/C15H32O3.C4H10O3P.C2H3N3/c1-5-15(9-6-12-16-2,10-7-13-17-3)11-8-14-18-4;1-4-7-8(3,5)6-2;1-2-4-5-3-1/h5-14H2,1-4H3;3-4H2,1-2H3;1-2H,(H,3,4,5)/q;-1;.